The molecule has 0 spiro atoms. The average molecular weight is 380 g/mol. The van der Waals surface area contributed by atoms with Crippen LogP contribution in [-0.4, -0.2) is 9.97 Å². The van der Waals surface area contributed by atoms with Gasteiger partial charge < -0.3 is 4.85 Å². The third kappa shape index (κ3) is 2.26. The summed E-state index contributed by atoms with van der Waals surface area (Å²) in [6, 6.07) is 17.2. The third-order valence-corrected chi connectivity index (χ3v) is 5.13. The predicted octanol–water partition coefficient (Wildman–Crippen LogP) is 6.61. The molecular weight excluding hydrogens is 372 g/mol. The minimum atomic E-state index is -0.0787. The van der Waals surface area contributed by atoms with E-state index in [2.05, 4.69) is 24.5 Å². The lowest BCUT2D eigenvalue weighted by Crippen LogP contribution is -1.93. The fourth-order valence-corrected chi connectivity index (χ4v) is 3.79. The van der Waals surface area contributed by atoms with Gasteiger partial charge in [-0.15, -0.1) is 4.98 Å². The molecule has 6 heteroatoms. The monoisotopic (exact) mass is 380 g/mol. The predicted molar refractivity (Wildman–Crippen MR) is 116 cm³/mol. The quantitative estimate of drug-likeness (QED) is 0.172. The van der Waals surface area contributed by atoms with Gasteiger partial charge in [0.1, 0.15) is 11.6 Å². The zero-order valence-corrected chi connectivity index (χ0v) is 15.3. The summed E-state index contributed by atoms with van der Waals surface area (Å²) >= 11 is 0. The molecule has 0 aliphatic carbocycles. The van der Waals surface area contributed by atoms with Crippen LogP contribution in [0, 0.1) is 31.0 Å². The standard InChI is InChI=1S/C24H8N6/c1-26-19-10-16-15-8-13-6-4-5-7-14(13)9-17(15)22-23(18(16)11-20(19)27-2)30-24(28-3)21(12-25)29-22/h4-11H. The van der Waals surface area contributed by atoms with Crippen LogP contribution in [0.5, 0.6) is 0 Å². The van der Waals surface area contributed by atoms with Crippen molar-refractivity contribution in [3.05, 3.63) is 88.5 Å². The Labute approximate surface area is 170 Å². The second-order valence-electron chi connectivity index (χ2n) is 6.67. The highest BCUT2D eigenvalue weighted by Crippen LogP contribution is 2.41. The van der Waals surface area contributed by atoms with Crippen molar-refractivity contribution in [1.29, 1.82) is 5.26 Å². The van der Waals surface area contributed by atoms with Crippen LogP contribution in [0.4, 0.5) is 17.2 Å². The molecule has 134 valence electrons. The van der Waals surface area contributed by atoms with E-state index in [-0.39, 0.29) is 22.9 Å². The van der Waals surface area contributed by atoms with Gasteiger partial charge in [-0.3, -0.25) is 9.69 Å². The number of aromatic nitrogens is 2. The van der Waals surface area contributed by atoms with Crippen LogP contribution in [0.15, 0.2) is 48.5 Å². The van der Waals surface area contributed by atoms with Crippen LogP contribution in [0.2, 0.25) is 0 Å². The number of nitrogens with zero attached hydrogens (tertiary/aromatic N) is 6. The molecule has 5 rings (SSSR count). The largest absolute Gasteiger partial charge is 0.358 e. The van der Waals surface area contributed by atoms with Gasteiger partial charge in [0.15, 0.2) is 22.6 Å². The first-order valence-electron chi connectivity index (χ1n) is 8.85. The zero-order chi connectivity index (χ0) is 20.8. The second kappa shape index (κ2) is 6.25. The summed E-state index contributed by atoms with van der Waals surface area (Å²) in [4.78, 5) is 19.2. The third-order valence-electron chi connectivity index (χ3n) is 5.13. The first-order valence-corrected chi connectivity index (χ1v) is 8.85. The van der Waals surface area contributed by atoms with Crippen molar-refractivity contribution in [1.82, 2.24) is 9.97 Å². The highest BCUT2D eigenvalue weighted by molar-refractivity contribution is 6.26. The average Bonchev–Trinajstić information content (AvgIpc) is 2.81. The molecule has 0 saturated carbocycles. The molecule has 0 saturated heterocycles. The first kappa shape index (κ1) is 17.1. The fourth-order valence-electron chi connectivity index (χ4n) is 3.79. The van der Waals surface area contributed by atoms with Crippen molar-refractivity contribution in [3.8, 4) is 6.07 Å². The van der Waals surface area contributed by atoms with Crippen molar-refractivity contribution in [2.24, 2.45) is 0 Å². The highest BCUT2D eigenvalue weighted by atomic mass is 14.9. The van der Waals surface area contributed by atoms with Crippen LogP contribution in [0.1, 0.15) is 5.69 Å². The maximum atomic E-state index is 9.45. The summed E-state index contributed by atoms with van der Waals surface area (Å²) < 4.78 is 0. The molecule has 0 bridgehead atoms. The molecule has 1 heterocycles. The minimum Gasteiger partial charge on any atom is -0.358 e. The Morgan fingerprint density at radius 2 is 1.23 bits per heavy atom. The van der Waals surface area contributed by atoms with Gasteiger partial charge in [-0.2, -0.15) is 5.26 Å². The summed E-state index contributed by atoms with van der Waals surface area (Å²) in [7, 11) is 0. The van der Waals surface area contributed by atoms with Gasteiger partial charge in [0.05, 0.1) is 13.1 Å². The summed E-state index contributed by atoms with van der Waals surface area (Å²) in [5.41, 5.74) is 1.39. The topological polar surface area (TPSA) is 62.6 Å². The van der Waals surface area contributed by atoms with E-state index in [1.165, 1.54) is 0 Å². The molecule has 0 unspecified atom stereocenters. The van der Waals surface area contributed by atoms with Gasteiger partial charge in [-0.05, 0) is 33.7 Å². The Kier molecular flexibility index (Phi) is 3.56. The number of nitriles is 1. The Morgan fingerprint density at radius 1 is 0.700 bits per heavy atom. The van der Waals surface area contributed by atoms with Crippen LogP contribution in [-0.2, 0) is 0 Å². The van der Waals surface area contributed by atoms with Crippen molar-refractivity contribution in [2.45, 2.75) is 0 Å². The van der Waals surface area contributed by atoms with E-state index in [0.29, 0.717) is 16.4 Å². The van der Waals surface area contributed by atoms with Gasteiger partial charge in [-0.25, -0.2) is 4.98 Å². The molecule has 1 aromatic heterocycles. The fraction of sp³-hybridized carbons (Fsp3) is 0. The van der Waals surface area contributed by atoms with Crippen LogP contribution in [0.3, 0.4) is 0 Å². The summed E-state index contributed by atoms with van der Waals surface area (Å²) in [5, 5.41) is 14.5. The molecule has 0 amide bonds. The van der Waals surface area contributed by atoms with E-state index in [1.807, 2.05) is 42.5 Å². The molecule has 0 radical (unpaired) electrons. The van der Waals surface area contributed by atoms with Gasteiger partial charge in [0, 0.05) is 10.8 Å². The van der Waals surface area contributed by atoms with E-state index in [4.69, 9.17) is 19.7 Å². The van der Waals surface area contributed by atoms with Gasteiger partial charge in [0.2, 0.25) is 0 Å². The van der Waals surface area contributed by atoms with Gasteiger partial charge >= 0.3 is 5.82 Å². The molecule has 6 nitrogen and oxygen atoms in total. The maximum Gasteiger partial charge on any atom is 0.307 e. The summed E-state index contributed by atoms with van der Waals surface area (Å²) in [5.74, 6) is -0.0787. The molecular formula is C24H8N6. The lowest BCUT2D eigenvalue weighted by atomic mass is 9.95. The van der Waals surface area contributed by atoms with Crippen LogP contribution in [0.25, 0.3) is 57.9 Å². The molecule has 0 atom stereocenters. The van der Waals surface area contributed by atoms with Crippen molar-refractivity contribution in [2.75, 3.05) is 0 Å². The minimum absolute atomic E-state index is 0.0329. The Bertz CT molecular complexity index is 1610. The van der Waals surface area contributed by atoms with Crippen molar-refractivity contribution >= 4 is 60.5 Å². The summed E-state index contributed by atoms with van der Waals surface area (Å²) in [6.45, 7) is 22.3. The number of benzene rings is 4. The Balaban J connectivity index is 2.15. The normalized spacial score (nSPS) is 10.5. The van der Waals surface area contributed by atoms with E-state index >= 15 is 0 Å². The molecule has 5 aromatic rings. The van der Waals surface area contributed by atoms with E-state index < -0.39 is 0 Å². The van der Waals surface area contributed by atoms with Gasteiger partial charge in [-0.1, -0.05) is 43.0 Å². The molecule has 0 fully saturated rings. The van der Waals surface area contributed by atoms with Crippen LogP contribution < -0.4 is 0 Å². The first-order chi connectivity index (χ1) is 14.7. The molecule has 4 aromatic carbocycles. The van der Waals surface area contributed by atoms with Crippen molar-refractivity contribution in [3.63, 3.8) is 0 Å². The zero-order valence-electron chi connectivity index (χ0n) is 15.3. The maximum absolute atomic E-state index is 9.45. The lowest BCUT2D eigenvalue weighted by Gasteiger charge is -2.11. The lowest BCUT2D eigenvalue weighted by molar-refractivity contribution is 1.27. The van der Waals surface area contributed by atoms with Gasteiger partial charge in [0.25, 0.3) is 0 Å². The number of hydrogen-bond donors (Lipinski definition) is 0. The van der Waals surface area contributed by atoms with E-state index in [9.17, 15) is 5.26 Å². The SMILES string of the molecule is [C-]#[N+]c1cc2c3cc4ccccc4cc3c3nc(C#N)c([N+]#[C-])nc3c2cc1[N+]#[C-]. The smallest absolute Gasteiger partial charge is 0.307 e. The summed E-state index contributed by atoms with van der Waals surface area (Å²) in [6.07, 6.45) is 0. The molecule has 0 aliphatic rings. The highest BCUT2D eigenvalue weighted by Gasteiger charge is 2.19. The number of rotatable bonds is 0. The Hall–Kier alpha value is -5.04. The molecule has 0 aliphatic heterocycles. The van der Waals surface area contributed by atoms with E-state index in [0.717, 1.165) is 26.9 Å². The molecule has 0 N–H and O–H groups in total. The Morgan fingerprint density at radius 3 is 1.83 bits per heavy atom. The molecule has 30 heavy (non-hydrogen) atoms. The van der Waals surface area contributed by atoms with Crippen LogP contribution >= 0.6 is 0 Å². The van der Waals surface area contributed by atoms with E-state index in [1.54, 1.807) is 12.1 Å². The number of hydrogen-bond acceptors (Lipinski definition) is 3. The number of fused-ring (bicyclic) bond motifs is 7. The van der Waals surface area contributed by atoms with Crippen molar-refractivity contribution < 1.29 is 0 Å². The second-order valence-corrected chi connectivity index (χ2v) is 6.67.